The summed E-state index contributed by atoms with van der Waals surface area (Å²) in [6.07, 6.45) is 2.77. The Hall–Kier alpha value is -0.740. The van der Waals surface area contributed by atoms with E-state index in [-0.39, 0.29) is 6.61 Å². The molecule has 3 nitrogen and oxygen atoms in total. The van der Waals surface area contributed by atoms with E-state index in [9.17, 15) is 0 Å². The molecule has 0 saturated heterocycles. The SMILES string of the molecule is NCCc1cn(CCO)c2c(Cl)c(Cl)ccc12. The van der Waals surface area contributed by atoms with Gasteiger partial charge in [-0.2, -0.15) is 0 Å². The van der Waals surface area contributed by atoms with Crippen molar-refractivity contribution < 1.29 is 5.11 Å². The van der Waals surface area contributed by atoms with Crippen molar-refractivity contribution in [2.24, 2.45) is 5.73 Å². The number of fused-ring (bicyclic) bond motifs is 1. The number of aliphatic hydroxyl groups is 1. The predicted octanol–water partition coefficient (Wildman–Crippen LogP) is 2.44. The van der Waals surface area contributed by atoms with Crippen LogP contribution in [-0.4, -0.2) is 22.8 Å². The number of aromatic nitrogens is 1. The Kier molecular flexibility index (Phi) is 3.94. The molecule has 1 aromatic carbocycles. The zero-order chi connectivity index (χ0) is 12.4. The van der Waals surface area contributed by atoms with Gasteiger partial charge in [-0.25, -0.2) is 0 Å². The molecule has 0 amide bonds. The van der Waals surface area contributed by atoms with E-state index in [1.807, 2.05) is 16.8 Å². The quantitative estimate of drug-likeness (QED) is 0.899. The summed E-state index contributed by atoms with van der Waals surface area (Å²) in [7, 11) is 0. The summed E-state index contributed by atoms with van der Waals surface area (Å²) in [5, 5.41) is 11.2. The minimum absolute atomic E-state index is 0.0642. The van der Waals surface area contributed by atoms with Gasteiger partial charge in [0.05, 0.1) is 22.2 Å². The largest absolute Gasteiger partial charge is 0.395 e. The molecule has 0 saturated carbocycles. The van der Waals surface area contributed by atoms with E-state index in [1.165, 1.54) is 0 Å². The fraction of sp³-hybridized carbons (Fsp3) is 0.333. The Morgan fingerprint density at radius 1 is 1.29 bits per heavy atom. The van der Waals surface area contributed by atoms with Crippen LogP contribution in [0.25, 0.3) is 10.9 Å². The highest BCUT2D eigenvalue weighted by Crippen LogP contribution is 2.33. The maximum atomic E-state index is 9.06. The highest BCUT2D eigenvalue weighted by atomic mass is 35.5. The lowest BCUT2D eigenvalue weighted by atomic mass is 10.1. The number of hydrogen-bond acceptors (Lipinski definition) is 2. The first-order valence-corrected chi connectivity index (χ1v) is 6.21. The molecular weight excluding hydrogens is 259 g/mol. The third-order valence-electron chi connectivity index (χ3n) is 2.77. The van der Waals surface area contributed by atoms with Crippen molar-refractivity contribution in [3.05, 3.63) is 33.9 Å². The number of nitrogens with two attached hydrogens (primary N) is 1. The standard InChI is InChI=1S/C12H14Cl2N2O/c13-10-2-1-9-8(3-4-15)7-16(5-6-17)12(9)11(10)14/h1-2,7,17H,3-6,15H2. The Bertz CT molecular complexity index is 537. The van der Waals surface area contributed by atoms with Crippen LogP contribution >= 0.6 is 23.2 Å². The molecule has 0 spiro atoms. The summed E-state index contributed by atoms with van der Waals surface area (Å²) in [5.74, 6) is 0. The third kappa shape index (κ3) is 2.29. The summed E-state index contributed by atoms with van der Waals surface area (Å²) in [4.78, 5) is 0. The molecule has 0 bridgehead atoms. The van der Waals surface area contributed by atoms with Crippen molar-refractivity contribution in [2.75, 3.05) is 13.2 Å². The van der Waals surface area contributed by atoms with Gasteiger partial charge in [-0.3, -0.25) is 0 Å². The van der Waals surface area contributed by atoms with Gasteiger partial charge in [-0.1, -0.05) is 29.3 Å². The number of hydrogen-bond donors (Lipinski definition) is 2. The molecule has 1 aromatic heterocycles. The second kappa shape index (κ2) is 5.27. The summed E-state index contributed by atoms with van der Waals surface area (Å²) < 4.78 is 1.93. The molecule has 0 fully saturated rings. The average Bonchev–Trinajstić information content (AvgIpc) is 2.64. The molecule has 17 heavy (non-hydrogen) atoms. The van der Waals surface area contributed by atoms with Gasteiger partial charge in [-0.15, -0.1) is 0 Å². The summed E-state index contributed by atoms with van der Waals surface area (Å²) in [6.45, 7) is 1.15. The smallest absolute Gasteiger partial charge is 0.0835 e. The summed E-state index contributed by atoms with van der Waals surface area (Å²) in [6, 6.07) is 3.73. The first-order chi connectivity index (χ1) is 8.19. The molecule has 0 unspecified atom stereocenters. The van der Waals surface area contributed by atoms with E-state index in [1.54, 1.807) is 6.07 Å². The molecule has 3 N–H and O–H groups in total. The molecule has 2 rings (SSSR count). The number of halogens is 2. The molecule has 0 aliphatic rings. The molecule has 92 valence electrons. The fourth-order valence-electron chi connectivity index (χ4n) is 2.04. The van der Waals surface area contributed by atoms with Gasteiger partial charge in [0.15, 0.2) is 0 Å². The maximum Gasteiger partial charge on any atom is 0.0835 e. The monoisotopic (exact) mass is 272 g/mol. The van der Waals surface area contributed by atoms with Crippen molar-refractivity contribution in [3.8, 4) is 0 Å². The highest BCUT2D eigenvalue weighted by molar-refractivity contribution is 6.45. The van der Waals surface area contributed by atoms with Crippen LogP contribution in [0.2, 0.25) is 10.0 Å². The number of aliphatic hydroxyl groups excluding tert-OH is 1. The first-order valence-electron chi connectivity index (χ1n) is 5.45. The zero-order valence-electron chi connectivity index (χ0n) is 9.29. The van der Waals surface area contributed by atoms with E-state index in [4.69, 9.17) is 34.0 Å². The topological polar surface area (TPSA) is 51.2 Å². The van der Waals surface area contributed by atoms with Crippen LogP contribution in [0.5, 0.6) is 0 Å². The predicted molar refractivity (Wildman–Crippen MR) is 71.8 cm³/mol. The number of benzene rings is 1. The molecule has 0 atom stereocenters. The van der Waals surface area contributed by atoms with E-state index in [2.05, 4.69) is 0 Å². The summed E-state index contributed by atoms with van der Waals surface area (Å²) >= 11 is 12.2. The Morgan fingerprint density at radius 3 is 2.71 bits per heavy atom. The second-order valence-electron chi connectivity index (χ2n) is 3.87. The fourth-order valence-corrected chi connectivity index (χ4v) is 2.47. The van der Waals surface area contributed by atoms with E-state index < -0.39 is 0 Å². The van der Waals surface area contributed by atoms with Crippen LogP contribution in [0.4, 0.5) is 0 Å². The maximum absolute atomic E-state index is 9.06. The lowest BCUT2D eigenvalue weighted by Gasteiger charge is -2.05. The number of rotatable bonds is 4. The van der Waals surface area contributed by atoms with E-state index in [0.717, 1.165) is 22.9 Å². The van der Waals surface area contributed by atoms with Crippen molar-refractivity contribution >= 4 is 34.1 Å². The van der Waals surface area contributed by atoms with Crippen molar-refractivity contribution in [2.45, 2.75) is 13.0 Å². The molecule has 2 aromatic rings. The molecule has 5 heteroatoms. The Balaban J connectivity index is 2.67. The van der Waals surface area contributed by atoms with Crippen LogP contribution in [0.15, 0.2) is 18.3 Å². The van der Waals surface area contributed by atoms with Crippen LogP contribution in [0.1, 0.15) is 5.56 Å². The Morgan fingerprint density at radius 2 is 2.06 bits per heavy atom. The van der Waals surface area contributed by atoms with Gasteiger partial charge in [0.2, 0.25) is 0 Å². The molecule has 0 aliphatic heterocycles. The van der Waals surface area contributed by atoms with Crippen molar-refractivity contribution in [1.29, 1.82) is 0 Å². The molecular formula is C12H14Cl2N2O. The van der Waals surface area contributed by atoms with Crippen LogP contribution in [-0.2, 0) is 13.0 Å². The van der Waals surface area contributed by atoms with Gasteiger partial charge >= 0.3 is 0 Å². The number of nitrogens with zero attached hydrogens (tertiary/aromatic N) is 1. The van der Waals surface area contributed by atoms with Crippen molar-refractivity contribution in [3.63, 3.8) is 0 Å². The Labute approximate surface area is 110 Å². The van der Waals surface area contributed by atoms with E-state index in [0.29, 0.717) is 23.1 Å². The zero-order valence-corrected chi connectivity index (χ0v) is 10.8. The molecule has 0 radical (unpaired) electrons. The highest BCUT2D eigenvalue weighted by Gasteiger charge is 2.13. The lowest BCUT2D eigenvalue weighted by Crippen LogP contribution is -2.02. The average molecular weight is 273 g/mol. The minimum atomic E-state index is 0.0642. The van der Waals surface area contributed by atoms with Gasteiger partial charge in [0.1, 0.15) is 0 Å². The second-order valence-corrected chi connectivity index (χ2v) is 4.65. The van der Waals surface area contributed by atoms with Gasteiger partial charge in [-0.05, 0) is 24.6 Å². The third-order valence-corrected chi connectivity index (χ3v) is 3.56. The van der Waals surface area contributed by atoms with Crippen molar-refractivity contribution in [1.82, 2.24) is 4.57 Å². The van der Waals surface area contributed by atoms with Gasteiger partial charge in [0, 0.05) is 18.1 Å². The molecule has 1 heterocycles. The molecule has 0 aliphatic carbocycles. The van der Waals surface area contributed by atoms with E-state index >= 15 is 0 Å². The first kappa shape index (κ1) is 12.7. The normalized spacial score (nSPS) is 11.3. The van der Waals surface area contributed by atoms with Crippen LogP contribution in [0, 0.1) is 0 Å². The summed E-state index contributed by atoms with van der Waals surface area (Å²) in [5.41, 5.74) is 7.59. The minimum Gasteiger partial charge on any atom is -0.395 e. The van der Waals surface area contributed by atoms with Crippen LogP contribution < -0.4 is 5.73 Å². The lowest BCUT2D eigenvalue weighted by molar-refractivity contribution is 0.278. The van der Waals surface area contributed by atoms with Crippen LogP contribution in [0.3, 0.4) is 0 Å². The van der Waals surface area contributed by atoms with Gasteiger partial charge in [0.25, 0.3) is 0 Å². The van der Waals surface area contributed by atoms with Gasteiger partial charge < -0.3 is 15.4 Å².